The van der Waals surface area contributed by atoms with E-state index < -0.39 is 10.0 Å². The van der Waals surface area contributed by atoms with Gasteiger partial charge in [-0.1, -0.05) is 13.8 Å². The minimum Gasteiger partial charge on any atom is -0.207 e. The smallest absolute Gasteiger partial charge is 0.207 e. The van der Waals surface area contributed by atoms with Crippen LogP contribution in [0.5, 0.6) is 0 Å². The number of rotatable bonds is 2. The summed E-state index contributed by atoms with van der Waals surface area (Å²) >= 11 is 1.81. The summed E-state index contributed by atoms with van der Waals surface area (Å²) in [6.45, 7) is 5.16. The highest BCUT2D eigenvalue weighted by molar-refractivity contribution is 8.00. The predicted molar refractivity (Wildman–Crippen MR) is 76.4 cm³/mol. The van der Waals surface area contributed by atoms with Crippen LogP contribution in [0, 0.1) is 11.3 Å². The van der Waals surface area contributed by atoms with Crippen LogP contribution in [0.2, 0.25) is 0 Å². The van der Waals surface area contributed by atoms with Gasteiger partial charge in [0, 0.05) is 23.6 Å². The summed E-state index contributed by atoms with van der Waals surface area (Å²) in [5.41, 5.74) is 0.467. The molecule has 0 saturated carbocycles. The molecule has 1 aliphatic heterocycles. The second-order valence-electron chi connectivity index (χ2n) is 4.72. The number of sulfonamides is 1. The molecule has 0 aromatic heterocycles. The Morgan fingerprint density at radius 1 is 1.21 bits per heavy atom. The highest BCUT2D eigenvalue weighted by Crippen LogP contribution is 2.28. The maximum Gasteiger partial charge on any atom is 0.243 e. The lowest BCUT2D eigenvalue weighted by Gasteiger charge is -2.33. The molecule has 0 radical (unpaired) electrons. The Hall–Kier alpha value is -1.03. The standard InChI is InChI=1S/C13H16N2O2S2/c1-10-8-15(9-11(2)18-10)19(16,17)13-5-3-12(7-14)4-6-13/h3-6,10-11H,8-9H2,1-2H3. The number of hydrogen-bond donors (Lipinski definition) is 0. The topological polar surface area (TPSA) is 61.2 Å². The van der Waals surface area contributed by atoms with Gasteiger partial charge in [0.2, 0.25) is 10.0 Å². The van der Waals surface area contributed by atoms with E-state index in [1.54, 1.807) is 16.4 Å². The maximum absolute atomic E-state index is 12.5. The second-order valence-corrected chi connectivity index (χ2v) is 8.54. The fraction of sp³-hybridized carbons (Fsp3) is 0.462. The Labute approximate surface area is 118 Å². The van der Waals surface area contributed by atoms with Crippen molar-refractivity contribution in [3.8, 4) is 6.07 Å². The largest absolute Gasteiger partial charge is 0.243 e. The van der Waals surface area contributed by atoms with Gasteiger partial charge in [0.1, 0.15) is 0 Å². The summed E-state index contributed by atoms with van der Waals surface area (Å²) in [7, 11) is -3.44. The molecule has 2 rings (SSSR count). The first-order valence-electron chi connectivity index (χ1n) is 6.09. The fourth-order valence-corrected chi connectivity index (χ4v) is 5.31. The minimum absolute atomic E-state index is 0.262. The van der Waals surface area contributed by atoms with E-state index in [1.165, 1.54) is 12.1 Å². The fourth-order valence-electron chi connectivity index (χ4n) is 2.18. The minimum atomic E-state index is -3.44. The third-order valence-corrected chi connectivity index (χ3v) is 6.08. The predicted octanol–water partition coefficient (Wildman–Crippen LogP) is 2.07. The maximum atomic E-state index is 12.5. The SMILES string of the molecule is CC1CN(S(=O)(=O)c2ccc(C#N)cc2)CC(C)S1. The lowest BCUT2D eigenvalue weighted by atomic mass is 10.2. The van der Waals surface area contributed by atoms with Crippen LogP contribution in [-0.2, 0) is 10.0 Å². The molecule has 2 unspecified atom stereocenters. The summed E-state index contributed by atoms with van der Waals surface area (Å²) < 4.78 is 26.6. The molecule has 0 amide bonds. The van der Waals surface area contributed by atoms with E-state index in [9.17, 15) is 8.42 Å². The van der Waals surface area contributed by atoms with Crippen molar-refractivity contribution in [3.05, 3.63) is 29.8 Å². The Bertz CT molecular complexity index is 580. The van der Waals surface area contributed by atoms with Gasteiger partial charge in [-0.15, -0.1) is 0 Å². The first-order valence-corrected chi connectivity index (χ1v) is 8.47. The van der Waals surface area contributed by atoms with Gasteiger partial charge >= 0.3 is 0 Å². The van der Waals surface area contributed by atoms with E-state index in [0.29, 0.717) is 29.2 Å². The van der Waals surface area contributed by atoms with E-state index in [1.807, 2.05) is 31.7 Å². The second kappa shape index (κ2) is 5.53. The Balaban J connectivity index is 2.28. The van der Waals surface area contributed by atoms with Crippen LogP contribution in [0.1, 0.15) is 19.4 Å². The zero-order chi connectivity index (χ0) is 14.0. The number of thioether (sulfide) groups is 1. The lowest BCUT2D eigenvalue weighted by Crippen LogP contribution is -2.43. The van der Waals surface area contributed by atoms with Gasteiger partial charge in [0.05, 0.1) is 16.5 Å². The molecule has 0 spiro atoms. The third kappa shape index (κ3) is 3.11. The van der Waals surface area contributed by atoms with Gasteiger partial charge in [-0.25, -0.2) is 8.42 Å². The molecule has 1 aliphatic rings. The van der Waals surface area contributed by atoms with E-state index in [-0.39, 0.29) is 4.90 Å². The van der Waals surface area contributed by atoms with Gasteiger partial charge in [0.15, 0.2) is 0 Å². The Kier molecular flexibility index (Phi) is 4.19. The first kappa shape index (κ1) is 14.4. The van der Waals surface area contributed by atoms with E-state index in [2.05, 4.69) is 0 Å². The molecule has 1 aromatic rings. The van der Waals surface area contributed by atoms with Crippen LogP contribution >= 0.6 is 11.8 Å². The van der Waals surface area contributed by atoms with Crippen molar-refractivity contribution in [3.63, 3.8) is 0 Å². The van der Waals surface area contributed by atoms with Gasteiger partial charge in [0.25, 0.3) is 0 Å². The van der Waals surface area contributed by atoms with Crippen molar-refractivity contribution in [1.29, 1.82) is 5.26 Å². The molecule has 2 atom stereocenters. The number of nitrogens with zero attached hydrogens (tertiary/aromatic N) is 2. The summed E-state index contributed by atoms with van der Waals surface area (Å²) in [6.07, 6.45) is 0. The Morgan fingerprint density at radius 3 is 2.21 bits per heavy atom. The number of nitriles is 1. The van der Waals surface area contributed by atoms with Crippen LogP contribution < -0.4 is 0 Å². The van der Waals surface area contributed by atoms with Crippen molar-refractivity contribution in [2.75, 3.05) is 13.1 Å². The van der Waals surface area contributed by atoms with E-state index in [4.69, 9.17) is 5.26 Å². The normalized spacial score (nSPS) is 24.9. The highest BCUT2D eigenvalue weighted by Gasteiger charge is 2.31. The van der Waals surface area contributed by atoms with Crippen LogP contribution in [0.4, 0.5) is 0 Å². The molecule has 0 N–H and O–H groups in total. The highest BCUT2D eigenvalue weighted by atomic mass is 32.2. The van der Waals surface area contributed by atoms with Crippen molar-refractivity contribution in [1.82, 2.24) is 4.31 Å². The van der Waals surface area contributed by atoms with Crippen LogP contribution in [0.15, 0.2) is 29.2 Å². The average molecular weight is 296 g/mol. The average Bonchev–Trinajstić information content (AvgIpc) is 2.37. The molecule has 19 heavy (non-hydrogen) atoms. The van der Waals surface area contributed by atoms with Crippen molar-refractivity contribution >= 4 is 21.8 Å². The summed E-state index contributed by atoms with van der Waals surface area (Å²) in [5, 5.41) is 9.34. The molecule has 0 aliphatic carbocycles. The molecule has 1 aromatic carbocycles. The van der Waals surface area contributed by atoms with Crippen LogP contribution in [0.25, 0.3) is 0 Å². The molecular weight excluding hydrogens is 280 g/mol. The van der Waals surface area contributed by atoms with E-state index >= 15 is 0 Å². The van der Waals surface area contributed by atoms with E-state index in [0.717, 1.165) is 0 Å². The van der Waals surface area contributed by atoms with Crippen molar-refractivity contribution < 1.29 is 8.42 Å². The van der Waals surface area contributed by atoms with Gasteiger partial charge in [-0.3, -0.25) is 0 Å². The Morgan fingerprint density at radius 2 is 1.74 bits per heavy atom. The quantitative estimate of drug-likeness (QED) is 0.838. The molecule has 1 saturated heterocycles. The molecule has 1 heterocycles. The summed E-state index contributed by atoms with van der Waals surface area (Å²) in [6, 6.07) is 8.08. The summed E-state index contributed by atoms with van der Waals surface area (Å²) in [5.74, 6) is 0. The zero-order valence-corrected chi connectivity index (χ0v) is 12.5. The number of benzene rings is 1. The molecule has 4 nitrogen and oxygen atoms in total. The first-order chi connectivity index (χ1) is 8.93. The molecular formula is C13H16N2O2S2. The molecule has 6 heteroatoms. The lowest BCUT2D eigenvalue weighted by molar-refractivity contribution is 0.405. The van der Waals surface area contributed by atoms with Crippen LogP contribution in [0.3, 0.4) is 0 Å². The third-order valence-electron chi connectivity index (χ3n) is 3.01. The zero-order valence-electron chi connectivity index (χ0n) is 10.9. The monoisotopic (exact) mass is 296 g/mol. The molecule has 1 fully saturated rings. The van der Waals surface area contributed by atoms with Crippen molar-refractivity contribution in [2.45, 2.75) is 29.2 Å². The molecule has 0 bridgehead atoms. The van der Waals surface area contributed by atoms with Gasteiger partial charge in [-0.05, 0) is 24.3 Å². The molecule has 102 valence electrons. The van der Waals surface area contributed by atoms with Gasteiger partial charge in [-0.2, -0.15) is 21.3 Å². The van der Waals surface area contributed by atoms with Crippen molar-refractivity contribution in [2.24, 2.45) is 0 Å². The van der Waals surface area contributed by atoms with Crippen LogP contribution in [-0.4, -0.2) is 36.3 Å². The van der Waals surface area contributed by atoms with Gasteiger partial charge < -0.3 is 0 Å². The number of hydrogen-bond acceptors (Lipinski definition) is 4. The summed E-state index contributed by atoms with van der Waals surface area (Å²) in [4.78, 5) is 0.262.